The van der Waals surface area contributed by atoms with Crippen LogP contribution in [-0.4, -0.2) is 46.4 Å². The minimum atomic E-state index is -0.344. The molecule has 0 saturated carbocycles. The van der Waals surface area contributed by atoms with E-state index in [1.54, 1.807) is 0 Å². The van der Waals surface area contributed by atoms with Crippen molar-refractivity contribution in [2.24, 2.45) is 0 Å². The van der Waals surface area contributed by atoms with Crippen LogP contribution < -0.4 is 5.32 Å². The van der Waals surface area contributed by atoms with Gasteiger partial charge in [0.05, 0.1) is 12.2 Å². The van der Waals surface area contributed by atoms with Crippen LogP contribution in [0.1, 0.15) is 43.7 Å². The lowest BCUT2D eigenvalue weighted by Crippen LogP contribution is -2.55. The molecule has 7 heteroatoms. The van der Waals surface area contributed by atoms with Crippen LogP contribution in [-0.2, 0) is 4.74 Å². The summed E-state index contributed by atoms with van der Waals surface area (Å²) < 4.78 is 11.1. The van der Waals surface area contributed by atoms with Gasteiger partial charge in [-0.3, -0.25) is 0 Å². The summed E-state index contributed by atoms with van der Waals surface area (Å²) >= 11 is 0. The number of carbonyl (C=O) groups is 1. The molecular weight excluding hydrogens is 332 g/mol. The fourth-order valence-corrected chi connectivity index (χ4v) is 3.58. The van der Waals surface area contributed by atoms with Gasteiger partial charge in [0.1, 0.15) is 6.04 Å². The van der Waals surface area contributed by atoms with Gasteiger partial charge in [-0.1, -0.05) is 29.4 Å². The van der Waals surface area contributed by atoms with Crippen molar-refractivity contribution < 1.29 is 14.1 Å². The maximum absolute atomic E-state index is 12.5. The van der Waals surface area contributed by atoms with Crippen LogP contribution in [0.4, 0.5) is 4.79 Å². The summed E-state index contributed by atoms with van der Waals surface area (Å²) in [7, 11) is 0. The van der Waals surface area contributed by atoms with Gasteiger partial charge in [-0.25, -0.2) is 4.79 Å². The molecule has 2 fully saturated rings. The van der Waals surface area contributed by atoms with E-state index in [1.807, 2.05) is 43.0 Å². The van der Waals surface area contributed by atoms with Crippen LogP contribution >= 0.6 is 0 Å². The molecule has 2 aromatic rings. The number of ether oxygens (including phenoxy) is 1. The van der Waals surface area contributed by atoms with Gasteiger partial charge in [0.15, 0.2) is 0 Å². The van der Waals surface area contributed by atoms with E-state index in [0.717, 1.165) is 50.1 Å². The first-order valence-electron chi connectivity index (χ1n) is 9.15. The number of rotatable bonds is 3. The first-order chi connectivity index (χ1) is 12.6. The third-order valence-corrected chi connectivity index (χ3v) is 5.47. The molecular formula is C19H24N4O3. The standard InChI is InChI=1S/C19H24N4O3/c1-13-5-3-4-6-15(13)16-21-17(26-22-16)14(2)20-18(24)23-10-7-19(8-11-23)9-12-25-19/h3-6,14H,7-12H2,1-2H3,(H,20,24). The summed E-state index contributed by atoms with van der Waals surface area (Å²) in [5, 5.41) is 7.02. The van der Waals surface area contributed by atoms with Gasteiger partial charge in [0, 0.05) is 18.7 Å². The highest BCUT2D eigenvalue weighted by Crippen LogP contribution is 2.36. The molecule has 7 nitrogen and oxygen atoms in total. The Balaban J connectivity index is 1.37. The average Bonchev–Trinajstić information content (AvgIpc) is 3.11. The number of nitrogens with one attached hydrogen (secondary N) is 1. The molecule has 0 bridgehead atoms. The summed E-state index contributed by atoms with van der Waals surface area (Å²) in [6.07, 6.45) is 2.93. The second-order valence-corrected chi connectivity index (χ2v) is 7.21. The van der Waals surface area contributed by atoms with E-state index in [9.17, 15) is 4.79 Å². The maximum Gasteiger partial charge on any atom is 0.318 e. The molecule has 1 atom stereocenters. The summed E-state index contributed by atoms with van der Waals surface area (Å²) in [6.45, 7) is 6.15. The topological polar surface area (TPSA) is 80.5 Å². The zero-order chi connectivity index (χ0) is 18.1. The van der Waals surface area contributed by atoms with Crippen molar-refractivity contribution in [3.8, 4) is 11.4 Å². The first kappa shape index (κ1) is 17.0. The Morgan fingerprint density at radius 1 is 1.27 bits per heavy atom. The fourth-order valence-electron chi connectivity index (χ4n) is 3.58. The van der Waals surface area contributed by atoms with E-state index < -0.39 is 0 Å². The Labute approximate surface area is 152 Å². The molecule has 1 aromatic carbocycles. The van der Waals surface area contributed by atoms with Crippen molar-refractivity contribution in [2.45, 2.75) is 44.8 Å². The number of carbonyl (C=O) groups excluding carboxylic acids is 1. The molecule has 1 N–H and O–H groups in total. The Hall–Kier alpha value is -2.41. The quantitative estimate of drug-likeness (QED) is 0.914. The number of likely N-dealkylation sites (tertiary alicyclic amines) is 1. The lowest BCUT2D eigenvalue weighted by molar-refractivity contribution is -0.169. The summed E-state index contributed by atoms with van der Waals surface area (Å²) in [5.41, 5.74) is 2.05. The molecule has 3 heterocycles. The van der Waals surface area contributed by atoms with E-state index >= 15 is 0 Å². The van der Waals surface area contributed by atoms with Gasteiger partial charge in [0.25, 0.3) is 0 Å². The van der Waals surface area contributed by atoms with Crippen LogP contribution in [0.3, 0.4) is 0 Å². The average molecular weight is 356 g/mol. The summed E-state index contributed by atoms with van der Waals surface area (Å²) in [5.74, 6) is 0.952. The van der Waals surface area contributed by atoms with Crippen molar-refractivity contribution in [3.05, 3.63) is 35.7 Å². The van der Waals surface area contributed by atoms with Crippen LogP contribution in [0.5, 0.6) is 0 Å². The number of piperidine rings is 1. The van der Waals surface area contributed by atoms with Crippen molar-refractivity contribution in [1.82, 2.24) is 20.4 Å². The Kier molecular flexibility index (Phi) is 4.40. The van der Waals surface area contributed by atoms with Crippen molar-refractivity contribution in [1.29, 1.82) is 0 Å². The fraction of sp³-hybridized carbons (Fsp3) is 0.526. The van der Waals surface area contributed by atoms with Gasteiger partial charge in [-0.2, -0.15) is 4.98 Å². The molecule has 2 aliphatic rings. The molecule has 138 valence electrons. The summed E-state index contributed by atoms with van der Waals surface area (Å²) in [4.78, 5) is 18.8. The molecule has 4 rings (SSSR count). The summed E-state index contributed by atoms with van der Waals surface area (Å²) in [6, 6.07) is 7.44. The molecule has 26 heavy (non-hydrogen) atoms. The van der Waals surface area contributed by atoms with E-state index in [2.05, 4.69) is 15.5 Å². The Morgan fingerprint density at radius 3 is 2.65 bits per heavy atom. The molecule has 2 aliphatic heterocycles. The normalized spacial score (nSPS) is 19.8. The van der Waals surface area contributed by atoms with Crippen LogP contribution in [0.25, 0.3) is 11.4 Å². The number of aryl methyl sites for hydroxylation is 1. The Bertz CT molecular complexity index is 790. The number of hydrogen-bond acceptors (Lipinski definition) is 5. The molecule has 1 aromatic heterocycles. The number of aromatic nitrogens is 2. The molecule has 1 unspecified atom stereocenters. The van der Waals surface area contributed by atoms with E-state index in [1.165, 1.54) is 0 Å². The lowest BCUT2D eigenvalue weighted by Gasteiger charge is -2.47. The predicted octanol–water partition coefficient (Wildman–Crippen LogP) is 3.07. The van der Waals surface area contributed by atoms with Crippen LogP contribution in [0, 0.1) is 6.92 Å². The van der Waals surface area contributed by atoms with Gasteiger partial charge in [-0.05, 0) is 38.7 Å². The highest BCUT2D eigenvalue weighted by molar-refractivity contribution is 5.74. The van der Waals surface area contributed by atoms with Gasteiger partial charge < -0.3 is 19.5 Å². The minimum absolute atomic E-state index is 0.0390. The van der Waals surface area contributed by atoms with Gasteiger partial charge in [0.2, 0.25) is 11.7 Å². The van der Waals surface area contributed by atoms with Gasteiger partial charge >= 0.3 is 6.03 Å². The number of amides is 2. The monoisotopic (exact) mass is 356 g/mol. The van der Waals surface area contributed by atoms with Crippen LogP contribution in [0.2, 0.25) is 0 Å². The second kappa shape index (κ2) is 6.72. The predicted molar refractivity (Wildman–Crippen MR) is 95.5 cm³/mol. The zero-order valence-corrected chi connectivity index (χ0v) is 15.2. The van der Waals surface area contributed by atoms with Crippen molar-refractivity contribution in [3.63, 3.8) is 0 Å². The highest BCUT2D eigenvalue weighted by Gasteiger charge is 2.42. The number of hydrogen-bond donors (Lipinski definition) is 1. The Morgan fingerprint density at radius 2 is 2.00 bits per heavy atom. The van der Waals surface area contributed by atoms with E-state index in [-0.39, 0.29) is 17.7 Å². The SMILES string of the molecule is Cc1ccccc1-c1noc(C(C)NC(=O)N2CCC3(CCO3)CC2)n1. The minimum Gasteiger partial charge on any atom is -0.375 e. The van der Waals surface area contributed by atoms with E-state index in [4.69, 9.17) is 9.26 Å². The van der Waals surface area contributed by atoms with E-state index in [0.29, 0.717) is 11.7 Å². The third-order valence-electron chi connectivity index (χ3n) is 5.47. The number of benzene rings is 1. The third kappa shape index (κ3) is 3.19. The zero-order valence-electron chi connectivity index (χ0n) is 15.2. The first-order valence-corrected chi connectivity index (χ1v) is 9.15. The molecule has 0 aliphatic carbocycles. The number of nitrogens with zero attached hydrogens (tertiary/aromatic N) is 3. The van der Waals surface area contributed by atoms with Crippen LogP contribution in [0.15, 0.2) is 28.8 Å². The maximum atomic E-state index is 12.5. The number of urea groups is 1. The second-order valence-electron chi connectivity index (χ2n) is 7.21. The molecule has 2 saturated heterocycles. The molecule has 0 radical (unpaired) electrons. The highest BCUT2D eigenvalue weighted by atomic mass is 16.5. The molecule has 2 amide bonds. The molecule has 1 spiro atoms. The van der Waals surface area contributed by atoms with Crippen molar-refractivity contribution in [2.75, 3.05) is 19.7 Å². The van der Waals surface area contributed by atoms with Crippen molar-refractivity contribution >= 4 is 6.03 Å². The largest absolute Gasteiger partial charge is 0.375 e. The lowest BCUT2D eigenvalue weighted by atomic mass is 9.84. The van der Waals surface area contributed by atoms with Gasteiger partial charge in [-0.15, -0.1) is 0 Å². The smallest absolute Gasteiger partial charge is 0.318 e.